The fourth-order valence-electron chi connectivity index (χ4n) is 4.25. The zero-order valence-electron chi connectivity index (χ0n) is 17.8. The van der Waals surface area contributed by atoms with Crippen molar-refractivity contribution < 1.29 is 4.74 Å². The van der Waals surface area contributed by atoms with Crippen LogP contribution in [0.1, 0.15) is 30.3 Å². The van der Waals surface area contributed by atoms with Crippen LogP contribution < -0.4 is 4.74 Å². The normalized spacial score (nSPS) is 12.8. The standard InChI is InChI=1S/C24H25N5OS/c1-3-28-23(19-12-7-8-15-22(19)30-2)25-26-24(28)31-16-20-18-13-9-14-21(18)29(27-20)17-10-5-4-6-11-17/h4-8,10-12,15H,3,9,13-14,16H2,1-2H3. The second kappa shape index (κ2) is 8.59. The molecule has 0 N–H and O–H groups in total. The second-order valence-corrected chi connectivity index (χ2v) is 8.45. The number of nitrogens with zero attached hydrogens (tertiary/aromatic N) is 5. The van der Waals surface area contributed by atoms with Crippen molar-refractivity contribution in [2.45, 2.75) is 43.6 Å². The van der Waals surface area contributed by atoms with Crippen LogP contribution in [0.5, 0.6) is 5.75 Å². The molecule has 6 nitrogen and oxygen atoms in total. The molecule has 2 heterocycles. The molecule has 1 aliphatic carbocycles. The Balaban J connectivity index is 1.43. The molecule has 0 radical (unpaired) electrons. The zero-order chi connectivity index (χ0) is 21.2. The van der Waals surface area contributed by atoms with Crippen molar-refractivity contribution in [3.8, 4) is 22.8 Å². The Morgan fingerprint density at radius 2 is 1.81 bits per heavy atom. The highest BCUT2D eigenvalue weighted by molar-refractivity contribution is 7.98. The van der Waals surface area contributed by atoms with Crippen LogP contribution in [0.2, 0.25) is 0 Å². The lowest BCUT2D eigenvalue weighted by atomic mass is 10.2. The fraction of sp³-hybridized carbons (Fsp3) is 0.292. The van der Waals surface area contributed by atoms with E-state index in [-0.39, 0.29) is 0 Å². The summed E-state index contributed by atoms with van der Waals surface area (Å²) >= 11 is 1.70. The summed E-state index contributed by atoms with van der Waals surface area (Å²) < 4.78 is 9.81. The molecule has 0 aliphatic heterocycles. The third kappa shape index (κ3) is 3.63. The first-order chi connectivity index (χ1) is 15.3. The fourth-order valence-corrected chi connectivity index (χ4v) is 5.22. The van der Waals surface area contributed by atoms with Crippen molar-refractivity contribution in [1.29, 1.82) is 0 Å². The lowest BCUT2D eigenvalue weighted by molar-refractivity contribution is 0.416. The summed E-state index contributed by atoms with van der Waals surface area (Å²) in [6, 6.07) is 18.4. The maximum Gasteiger partial charge on any atom is 0.191 e. The van der Waals surface area contributed by atoms with Crippen LogP contribution >= 0.6 is 11.8 Å². The van der Waals surface area contributed by atoms with Crippen LogP contribution in [0.25, 0.3) is 17.1 Å². The average Bonchev–Trinajstić information content (AvgIpc) is 3.53. The van der Waals surface area contributed by atoms with Gasteiger partial charge in [0.1, 0.15) is 5.75 Å². The summed E-state index contributed by atoms with van der Waals surface area (Å²) in [4.78, 5) is 0. The van der Waals surface area contributed by atoms with Crippen LogP contribution in [0.15, 0.2) is 59.8 Å². The molecule has 0 saturated carbocycles. The van der Waals surface area contributed by atoms with Crippen LogP contribution in [0, 0.1) is 0 Å². The van der Waals surface area contributed by atoms with E-state index in [1.165, 1.54) is 17.7 Å². The molecule has 0 spiro atoms. The highest BCUT2D eigenvalue weighted by atomic mass is 32.2. The number of methoxy groups -OCH3 is 1. The minimum Gasteiger partial charge on any atom is -0.496 e. The van der Waals surface area contributed by atoms with Crippen LogP contribution in [0.4, 0.5) is 0 Å². The average molecular weight is 432 g/mol. The maximum atomic E-state index is 5.53. The summed E-state index contributed by atoms with van der Waals surface area (Å²) in [6.45, 7) is 2.91. The first-order valence-corrected chi connectivity index (χ1v) is 11.6. The summed E-state index contributed by atoms with van der Waals surface area (Å²) in [7, 11) is 1.69. The number of para-hydroxylation sites is 2. The van der Waals surface area contributed by atoms with Crippen LogP contribution in [-0.4, -0.2) is 31.7 Å². The summed E-state index contributed by atoms with van der Waals surface area (Å²) in [5.41, 5.74) is 6.01. The van der Waals surface area contributed by atoms with Gasteiger partial charge in [-0.25, -0.2) is 4.68 Å². The first kappa shape index (κ1) is 19.9. The van der Waals surface area contributed by atoms with Gasteiger partial charge in [0, 0.05) is 18.0 Å². The monoisotopic (exact) mass is 431 g/mol. The minimum absolute atomic E-state index is 0.784. The first-order valence-electron chi connectivity index (χ1n) is 10.6. The van der Waals surface area contributed by atoms with E-state index in [1.807, 2.05) is 30.3 Å². The van der Waals surface area contributed by atoms with Gasteiger partial charge in [-0.2, -0.15) is 5.10 Å². The van der Waals surface area contributed by atoms with E-state index in [0.717, 1.165) is 58.8 Å². The molecular weight excluding hydrogens is 406 g/mol. The Bertz CT molecular complexity index is 1200. The van der Waals surface area contributed by atoms with Crippen molar-refractivity contribution in [2.75, 3.05) is 7.11 Å². The zero-order valence-corrected chi connectivity index (χ0v) is 18.6. The van der Waals surface area contributed by atoms with Gasteiger partial charge in [-0.05, 0) is 56.0 Å². The molecule has 0 amide bonds. The second-order valence-electron chi connectivity index (χ2n) is 7.51. The van der Waals surface area contributed by atoms with Crippen molar-refractivity contribution in [1.82, 2.24) is 24.5 Å². The van der Waals surface area contributed by atoms with E-state index < -0.39 is 0 Å². The lowest BCUT2D eigenvalue weighted by Gasteiger charge is -2.10. The predicted molar refractivity (Wildman–Crippen MR) is 123 cm³/mol. The lowest BCUT2D eigenvalue weighted by Crippen LogP contribution is -2.02. The third-order valence-electron chi connectivity index (χ3n) is 5.73. The van der Waals surface area contributed by atoms with Crippen LogP contribution in [-0.2, 0) is 25.1 Å². The molecule has 5 rings (SSSR count). The van der Waals surface area contributed by atoms with Gasteiger partial charge in [0.05, 0.1) is 24.1 Å². The molecule has 31 heavy (non-hydrogen) atoms. The molecule has 0 fully saturated rings. The van der Waals surface area contributed by atoms with Crippen LogP contribution in [0.3, 0.4) is 0 Å². The number of hydrogen-bond acceptors (Lipinski definition) is 5. The number of thioether (sulfide) groups is 1. The minimum atomic E-state index is 0.784. The van der Waals surface area contributed by atoms with E-state index in [4.69, 9.17) is 9.84 Å². The largest absolute Gasteiger partial charge is 0.496 e. The Morgan fingerprint density at radius 1 is 1.00 bits per heavy atom. The summed E-state index contributed by atoms with van der Waals surface area (Å²) in [5.74, 6) is 2.43. The molecular formula is C24H25N5OS. The van der Waals surface area contributed by atoms with E-state index in [9.17, 15) is 0 Å². The van der Waals surface area contributed by atoms with Gasteiger partial charge >= 0.3 is 0 Å². The molecule has 0 saturated heterocycles. The Kier molecular flexibility index (Phi) is 5.51. The molecule has 2 aromatic carbocycles. The Morgan fingerprint density at radius 3 is 2.61 bits per heavy atom. The quantitative estimate of drug-likeness (QED) is 0.388. The smallest absolute Gasteiger partial charge is 0.191 e. The van der Waals surface area contributed by atoms with E-state index in [1.54, 1.807) is 18.9 Å². The Hall–Kier alpha value is -3.06. The summed E-state index contributed by atoms with van der Waals surface area (Å²) in [6.07, 6.45) is 3.39. The van der Waals surface area contributed by atoms with Gasteiger partial charge in [0.2, 0.25) is 0 Å². The number of ether oxygens (including phenoxy) is 1. The topological polar surface area (TPSA) is 57.8 Å². The summed E-state index contributed by atoms with van der Waals surface area (Å²) in [5, 5.41) is 14.9. The molecule has 7 heteroatoms. The Labute approximate surface area is 186 Å². The number of benzene rings is 2. The van der Waals surface area contributed by atoms with E-state index >= 15 is 0 Å². The van der Waals surface area contributed by atoms with Crippen molar-refractivity contribution in [3.63, 3.8) is 0 Å². The van der Waals surface area contributed by atoms with E-state index in [0.29, 0.717) is 0 Å². The number of hydrogen-bond donors (Lipinski definition) is 0. The predicted octanol–water partition coefficient (Wildman–Crippen LogP) is 4.94. The molecule has 1 aliphatic rings. The van der Waals surface area contributed by atoms with Crippen molar-refractivity contribution >= 4 is 11.8 Å². The molecule has 2 aromatic heterocycles. The highest BCUT2D eigenvalue weighted by Crippen LogP contribution is 2.34. The molecule has 158 valence electrons. The molecule has 4 aromatic rings. The molecule has 0 bridgehead atoms. The van der Waals surface area contributed by atoms with Gasteiger partial charge in [-0.15, -0.1) is 10.2 Å². The molecule has 0 unspecified atom stereocenters. The van der Waals surface area contributed by atoms with E-state index in [2.05, 4.69) is 50.6 Å². The van der Waals surface area contributed by atoms with Gasteiger partial charge in [-0.1, -0.05) is 42.1 Å². The SMILES string of the molecule is CCn1c(SCc2nn(-c3ccccc3)c3c2CCC3)nnc1-c1ccccc1OC. The van der Waals surface area contributed by atoms with Crippen molar-refractivity contribution in [2.24, 2.45) is 0 Å². The number of aromatic nitrogens is 5. The number of rotatable bonds is 7. The van der Waals surface area contributed by atoms with Crippen molar-refractivity contribution in [3.05, 3.63) is 71.5 Å². The maximum absolute atomic E-state index is 5.53. The molecule has 0 atom stereocenters. The van der Waals surface area contributed by atoms with Gasteiger partial charge in [-0.3, -0.25) is 0 Å². The van der Waals surface area contributed by atoms with Gasteiger partial charge < -0.3 is 9.30 Å². The number of fused-ring (bicyclic) bond motifs is 1. The highest BCUT2D eigenvalue weighted by Gasteiger charge is 2.24. The third-order valence-corrected chi connectivity index (χ3v) is 6.71. The van der Waals surface area contributed by atoms with Gasteiger partial charge in [0.25, 0.3) is 0 Å². The van der Waals surface area contributed by atoms with Gasteiger partial charge in [0.15, 0.2) is 11.0 Å².